The van der Waals surface area contributed by atoms with Crippen molar-refractivity contribution in [1.29, 1.82) is 0 Å². The van der Waals surface area contributed by atoms with Gasteiger partial charge in [0.15, 0.2) is 0 Å². The molecule has 4 heteroatoms. The van der Waals surface area contributed by atoms with E-state index in [2.05, 4.69) is 4.74 Å². The number of epoxide rings is 1. The summed E-state index contributed by atoms with van der Waals surface area (Å²) in [5.74, 6) is -2.64. The number of hydrogen-bond donors (Lipinski definition) is 0. The largest absolute Gasteiger partial charge is 0.417 e. The molecule has 1 saturated heterocycles. The van der Waals surface area contributed by atoms with E-state index < -0.39 is 12.0 Å². The Morgan fingerprint density at radius 1 is 1.08 bits per heavy atom. The molecule has 72 valence electrons. The van der Waals surface area contributed by atoms with Gasteiger partial charge in [0.1, 0.15) is 0 Å². The summed E-state index contributed by atoms with van der Waals surface area (Å²) in [5, 5.41) is 0. The van der Waals surface area contributed by atoms with Crippen LogP contribution in [0.2, 0.25) is 0 Å². The lowest BCUT2D eigenvalue weighted by atomic mass is 10.1. The summed E-state index contributed by atoms with van der Waals surface area (Å²) in [6.45, 7) is 2.01. The van der Waals surface area contributed by atoms with Gasteiger partial charge in [0, 0.05) is 6.42 Å². The molecule has 0 spiro atoms. The smallest absolute Gasteiger partial charge is 0.270 e. The van der Waals surface area contributed by atoms with Gasteiger partial charge in [0.2, 0.25) is 0 Å². The fraction of sp³-hybridized carbons (Fsp3) is 1.00. The second-order valence-electron chi connectivity index (χ2n) is 3.16. The maximum absolute atomic E-state index is 12.7. The van der Waals surface area contributed by atoms with E-state index in [0.717, 1.165) is 19.3 Å². The van der Waals surface area contributed by atoms with Gasteiger partial charge in [0.25, 0.3) is 0 Å². The molecule has 1 rings (SSSR count). The highest BCUT2D eigenvalue weighted by atomic mass is 19.3. The van der Waals surface area contributed by atoms with Crippen molar-refractivity contribution >= 4 is 0 Å². The molecule has 1 atom stereocenters. The van der Waals surface area contributed by atoms with Gasteiger partial charge < -0.3 is 0 Å². The number of unbranched alkanes of at least 4 members (excludes halogenated alkanes) is 3. The second kappa shape index (κ2) is 3.24. The molecule has 0 amide bonds. The summed E-state index contributed by atoms with van der Waals surface area (Å²) < 4.78 is 40.6. The maximum atomic E-state index is 12.7. The zero-order valence-electron chi connectivity index (χ0n) is 7.08. The highest BCUT2D eigenvalue weighted by Gasteiger charge is 2.75. The monoisotopic (exact) mass is 182 g/mol. The molecular formula is C8H13F3O. The van der Waals surface area contributed by atoms with Crippen LogP contribution in [-0.4, -0.2) is 12.0 Å². The average molecular weight is 182 g/mol. The predicted molar refractivity (Wildman–Crippen MR) is 38.6 cm³/mol. The van der Waals surface area contributed by atoms with Crippen LogP contribution in [-0.2, 0) is 4.74 Å². The highest BCUT2D eigenvalue weighted by molar-refractivity contribution is 4.92. The Labute approximate surface area is 69.9 Å². The molecule has 0 bridgehead atoms. The van der Waals surface area contributed by atoms with Crippen LogP contribution in [0.15, 0.2) is 0 Å². The van der Waals surface area contributed by atoms with E-state index in [4.69, 9.17) is 0 Å². The molecule has 0 aliphatic carbocycles. The van der Waals surface area contributed by atoms with E-state index in [-0.39, 0.29) is 6.42 Å². The predicted octanol–water partition coefficient (Wildman–Crippen LogP) is 3.25. The van der Waals surface area contributed by atoms with E-state index in [1.807, 2.05) is 6.92 Å². The fourth-order valence-corrected chi connectivity index (χ4v) is 1.15. The van der Waals surface area contributed by atoms with Crippen LogP contribution in [0.4, 0.5) is 13.2 Å². The van der Waals surface area contributed by atoms with Crippen molar-refractivity contribution in [2.45, 2.75) is 51.0 Å². The first-order valence-corrected chi connectivity index (χ1v) is 4.29. The van der Waals surface area contributed by atoms with Gasteiger partial charge in [-0.1, -0.05) is 26.2 Å². The van der Waals surface area contributed by atoms with Crippen molar-refractivity contribution in [2.75, 3.05) is 0 Å². The van der Waals surface area contributed by atoms with Gasteiger partial charge in [-0.15, -0.1) is 0 Å². The quantitative estimate of drug-likeness (QED) is 0.469. The van der Waals surface area contributed by atoms with Crippen molar-refractivity contribution in [3.05, 3.63) is 0 Å². The zero-order valence-corrected chi connectivity index (χ0v) is 7.08. The standard InChI is InChI=1S/C8H13F3O/c1-2-3-4-5-6-7(9)8(10,11)12-7/h2-6H2,1H3. The van der Waals surface area contributed by atoms with Crippen LogP contribution < -0.4 is 0 Å². The Balaban J connectivity index is 2.09. The van der Waals surface area contributed by atoms with Crippen LogP contribution in [0.5, 0.6) is 0 Å². The molecule has 1 fully saturated rings. The fourth-order valence-electron chi connectivity index (χ4n) is 1.15. The van der Waals surface area contributed by atoms with Gasteiger partial charge >= 0.3 is 12.0 Å². The molecule has 0 N–H and O–H groups in total. The van der Waals surface area contributed by atoms with E-state index >= 15 is 0 Å². The maximum Gasteiger partial charge on any atom is 0.417 e. The number of halogens is 3. The van der Waals surface area contributed by atoms with Crippen molar-refractivity contribution in [3.8, 4) is 0 Å². The van der Waals surface area contributed by atoms with Crippen molar-refractivity contribution in [3.63, 3.8) is 0 Å². The second-order valence-corrected chi connectivity index (χ2v) is 3.16. The van der Waals surface area contributed by atoms with Gasteiger partial charge in [0.05, 0.1) is 0 Å². The first kappa shape index (κ1) is 9.84. The summed E-state index contributed by atoms with van der Waals surface area (Å²) in [6.07, 6.45) is -0.459. The summed E-state index contributed by atoms with van der Waals surface area (Å²) in [4.78, 5) is 0. The Morgan fingerprint density at radius 2 is 1.67 bits per heavy atom. The third kappa shape index (κ3) is 1.91. The lowest BCUT2D eigenvalue weighted by molar-refractivity contribution is -0.00199. The molecule has 0 saturated carbocycles. The Morgan fingerprint density at radius 3 is 2.08 bits per heavy atom. The Bertz CT molecular complexity index is 160. The lowest BCUT2D eigenvalue weighted by Crippen LogP contribution is -2.11. The Kier molecular flexibility index (Phi) is 2.66. The van der Waals surface area contributed by atoms with Crippen LogP contribution in [0.3, 0.4) is 0 Å². The third-order valence-corrected chi connectivity index (χ3v) is 2.03. The third-order valence-electron chi connectivity index (χ3n) is 2.03. The minimum Gasteiger partial charge on any atom is -0.270 e. The summed E-state index contributed by atoms with van der Waals surface area (Å²) in [7, 11) is 0. The zero-order chi connectivity index (χ0) is 9.24. The number of ether oxygens (including phenoxy) is 1. The van der Waals surface area contributed by atoms with Gasteiger partial charge in [-0.3, -0.25) is 4.74 Å². The Hall–Kier alpha value is -0.250. The molecule has 12 heavy (non-hydrogen) atoms. The normalized spacial score (nSPS) is 32.0. The van der Waals surface area contributed by atoms with E-state index in [1.165, 1.54) is 0 Å². The minimum absolute atomic E-state index is 0.181. The van der Waals surface area contributed by atoms with Crippen molar-refractivity contribution in [1.82, 2.24) is 0 Å². The summed E-state index contributed by atoms with van der Waals surface area (Å²) in [5.41, 5.74) is 0. The first-order chi connectivity index (χ1) is 5.52. The topological polar surface area (TPSA) is 12.5 Å². The van der Waals surface area contributed by atoms with Crippen molar-refractivity contribution < 1.29 is 17.9 Å². The lowest BCUT2D eigenvalue weighted by Gasteiger charge is -2.00. The molecular weight excluding hydrogens is 169 g/mol. The number of rotatable bonds is 5. The number of hydrogen-bond acceptors (Lipinski definition) is 1. The van der Waals surface area contributed by atoms with Crippen LogP contribution in [0.25, 0.3) is 0 Å². The van der Waals surface area contributed by atoms with Gasteiger partial charge in [-0.25, -0.2) is 4.39 Å². The van der Waals surface area contributed by atoms with Crippen LogP contribution >= 0.6 is 0 Å². The summed E-state index contributed by atoms with van der Waals surface area (Å²) in [6, 6.07) is 0. The number of alkyl halides is 3. The molecule has 0 aromatic heterocycles. The molecule has 1 aliphatic rings. The summed E-state index contributed by atoms with van der Waals surface area (Å²) >= 11 is 0. The highest BCUT2D eigenvalue weighted by Crippen LogP contribution is 2.54. The molecule has 1 aliphatic heterocycles. The first-order valence-electron chi connectivity index (χ1n) is 4.29. The molecule has 0 aromatic carbocycles. The molecule has 0 radical (unpaired) electrons. The SMILES string of the molecule is CCCCCCC1(F)OC1(F)F. The van der Waals surface area contributed by atoms with E-state index in [0.29, 0.717) is 6.42 Å². The van der Waals surface area contributed by atoms with Crippen LogP contribution in [0, 0.1) is 0 Å². The van der Waals surface area contributed by atoms with Gasteiger partial charge in [-0.05, 0) is 6.42 Å². The van der Waals surface area contributed by atoms with E-state index in [1.54, 1.807) is 0 Å². The molecule has 1 heterocycles. The minimum atomic E-state index is -3.51. The molecule has 0 aromatic rings. The average Bonchev–Trinajstić information content (AvgIpc) is 2.45. The van der Waals surface area contributed by atoms with Crippen molar-refractivity contribution in [2.24, 2.45) is 0 Å². The molecule has 1 nitrogen and oxygen atoms in total. The van der Waals surface area contributed by atoms with Gasteiger partial charge in [-0.2, -0.15) is 8.78 Å². The molecule has 1 unspecified atom stereocenters. The van der Waals surface area contributed by atoms with Crippen LogP contribution in [0.1, 0.15) is 39.0 Å². The van der Waals surface area contributed by atoms with E-state index in [9.17, 15) is 13.2 Å².